The highest BCUT2D eigenvalue weighted by Crippen LogP contribution is 2.14. The Labute approximate surface area is 114 Å². The van der Waals surface area contributed by atoms with Crippen LogP contribution in [0.2, 0.25) is 0 Å². The van der Waals surface area contributed by atoms with Gasteiger partial charge in [-0.2, -0.15) is 0 Å². The molecule has 0 aromatic carbocycles. The van der Waals surface area contributed by atoms with Crippen LogP contribution < -0.4 is 5.32 Å². The summed E-state index contributed by atoms with van der Waals surface area (Å²) >= 11 is 0. The van der Waals surface area contributed by atoms with E-state index in [2.05, 4.69) is 51.9 Å². The fraction of sp³-hybridized carbons (Fsp3) is 1.00. The lowest BCUT2D eigenvalue weighted by molar-refractivity contribution is 0.138. The van der Waals surface area contributed by atoms with Crippen LogP contribution in [0.4, 0.5) is 0 Å². The van der Waals surface area contributed by atoms with Crippen molar-refractivity contribution in [3.63, 3.8) is 0 Å². The third-order valence-electron chi connectivity index (χ3n) is 3.73. The van der Waals surface area contributed by atoms with Crippen LogP contribution in [0.3, 0.4) is 0 Å². The van der Waals surface area contributed by atoms with Crippen molar-refractivity contribution < 1.29 is 5.11 Å². The molecule has 0 heterocycles. The Balaban J connectivity index is 4.10. The fourth-order valence-electron chi connectivity index (χ4n) is 2.16. The summed E-state index contributed by atoms with van der Waals surface area (Å²) in [4.78, 5) is 2.40. The summed E-state index contributed by atoms with van der Waals surface area (Å²) in [6, 6.07) is 0.610. The van der Waals surface area contributed by atoms with E-state index < -0.39 is 0 Å². The topological polar surface area (TPSA) is 35.5 Å². The SMILES string of the molecule is CCCNC(C)(CO)CCN(C)C(C)CC(C)C. The van der Waals surface area contributed by atoms with Gasteiger partial charge in [-0.25, -0.2) is 0 Å². The summed E-state index contributed by atoms with van der Waals surface area (Å²) in [7, 11) is 2.19. The highest BCUT2D eigenvalue weighted by atomic mass is 16.3. The van der Waals surface area contributed by atoms with Gasteiger partial charge in [0.15, 0.2) is 0 Å². The van der Waals surface area contributed by atoms with Gasteiger partial charge in [0, 0.05) is 11.6 Å². The van der Waals surface area contributed by atoms with Gasteiger partial charge in [-0.1, -0.05) is 20.8 Å². The molecule has 0 aromatic rings. The predicted octanol–water partition coefficient (Wildman–Crippen LogP) is 2.49. The number of aliphatic hydroxyl groups excluding tert-OH is 1. The van der Waals surface area contributed by atoms with Crippen LogP contribution in [0.15, 0.2) is 0 Å². The lowest BCUT2D eigenvalue weighted by Gasteiger charge is -2.33. The Morgan fingerprint density at radius 2 is 1.89 bits per heavy atom. The third kappa shape index (κ3) is 7.34. The summed E-state index contributed by atoms with van der Waals surface area (Å²) in [5.74, 6) is 0.741. The zero-order valence-electron chi connectivity index (χ0n) is 13.3. The predicted molar refractivity (Wildman–Crippen MR) is 79.9 cm³/mol. The second kappa shape index (κ2) is 8.89. The Kier molecular flexibility index (Phi) is 8.83. The smallest absolute Gasteiger partial charge is 0.0611 e. The quantitative estimate of drug-likeness (QED) is 0.632. The molecule has 0 spiro atoms. The van der Waals surface area contributed by atoms with Crippen molar-refractivity contribution in [3.05, 3.63) is 0 Å². The molecular formula is C15H34N2O. The molecule has 0 saturated carbocycles. The molecule has 2 unspecified atom stereocenters. The van der Waals surface area contributed by atoms with Crippen molar-refractivity contribution in [1.82, 2.24) is 10.2 Å². The molecule has 0 rings (SSSR count). The van der Waals surface area contributed by atoms with Gasteiger partial charge in [0.25, 0.3) is 0 Å². The molecule has 0 fully saturated rings. The van der Waals surface area contributed by atoms with Gasteiger partial charge in [0.1, 0.15) is 0 Å². The molecular weight excluding hydrogens is 224 g/mol. The largest absolute Gasteiger partial charge is 0.394 e. The normalized spacial score (nSPS) is 17.2. The Bertz CT molecular complexity index is 209. The van der Waals surface area contributed by atoms with Crippen LogP contribution >= 0.6 is 0 Å². The van der Waals surface area contributed by atoms with Crippen molar-refractivity contribution >= 4 is 0 Å². The van der Waals surface area contributed by atoms with E-state index in [-0.39, 0.29) is 12.1 Å². The molecule has 3 nitrogen and oxygen atoms in total. The van der Waals surface area contributed by atoms with E-state index in [9.17, 15) is 5.11 Å². The maximum atomic E-state index is 9.53. The number of hydrogen-bond donors (Lipinski definition) is 2. The number of nitrogens with zero attached hydrogens (tertiary/aromatic N) is 1. The van der Waals surface area contributed by atoms with Crippen molar-refractivity contribution in [2.24, 2.45) is 5.92 Å². The minimum atomic E-state index is -0.137. The summed E-state index contributed by atoms with van der Waals surface area (Å²) in [6.07, 6.45) is 3.33. The first-order valence-corrected chi connectivity index (χ1v) is 7.40. The van der Waals surface area contributed by atoms with E-state index in [4.69, 9.17) is 0 Å². The van der Waals surface area contributed by atoms with Crippen LogP contribution in [0.5, 0.6) is 0 Å². The van der Waals surface area contributed by atoms with E-state index >= 15 is 0 Å². The van der Waals surface area contributed by atoms with Crippen LogP contribution in [0.1, 0.15) is 53.9 Å². The van der Waals surface area contributed by atoms with Crippen LogP contribution in [-0.2, 0) is 0 Å². The summed E-state index contributed by atoms with van der Waals surface area (Å²) in [5, 5.41) is 13.0. The van der Waals surface area contributed by atoms with Gasteiger partial charge < -0.3 is 15.3 Å². The number of nitrogens with one attached hydrogen (secondary N) is 1. The van der Waals surface area contributed by atoms with E-state index in [1.807, 2.05) is 0 Å². The zero-order chi connectivity index (χ0) is 14.2. The van der Waals surface area contributed by atoms with Crippen LogP contribution in [0.25, 0.3) is 0 Å². The maximum Gasteiger partial charge on any atom is 0.0611 e. The van der Waals surface area contributed by atoms with Crippen LogP contribution in [0, 0.1) is 5.92 Å². The second-order valence-electron chi connectivity index (χ2n) is 6.35. The summed E-state index contributed by atoms with van der Waals surface area (Å²) in [5.41, 5.74) is -0.137. The monoisotopic (exact) mass is 258 g/mol. The molecule has 18 heavy (non-hydrogen) atoms. The molecule has 0 aliphatic carbocycles. The molecule has 0 aliphatic heterocycles. The van der Waals surface area contributed by atoms with Gasteiger partial charge in [-0.15, -0.1) is 0 Å². The van der Waals surface area contributed by atoms with E-state index in [1.54, 1.807) is 0 Å². The third-order valence-corrected chi connectivity index (χ3v) is 3.73. The molecule has 0 radical (unpaired) electrons. The first-order valence-electron chi connectivity index (χ1n) is 7.40. The molecule has 0 saturated heterocycles. The highest BCUT2D eigenvalue weighted by Gasteiger charge is 2.23. The minimum Gasteiger partial charge on any atom is -0.394 e. The summed E-state index contributed by atoms with van der Waals surface area (Å²) < 4.78 is 0. The molecule has 0 bridgehead atoms. The maximum absolute atomic E-state index is 9.53. The molecule has 0 aliphatic rings. The van der Waals surface area contributed by atoms with Gasteiger partial charge >= 0.3 is 0 Å². The minimum absolute atomic E-state index is 0.137. The summed E-state index contributed by atoms with van der Waals surface area (Å²) in [6.45, 7) is 13.3. The zero-order valence-corrected chi connectivity index (χ0v) is 13.3. The van der Waals surface area contributed by atoms with E-state index in [1.165, 1.54) is 6.42 Å². The van der Waals surface area contributed by atoms with Crippen LogP contribution in [-0.4, -0.2) is 48.3 Å². The number of aliphatic hydroxyl groups is 1. The average molecular weight is 258 g/mol. The Hall–Kier alpha value is -0.120. The van der Waals surface area contributed by atoms with Gasteiger partial charge in [0.2, 0.25) is 0 Å². The number of rotatable bonds is 10. The van der Waals surface area contributed by atoms with E-state index in [0.29, 0.717) is 6.04 Å². The highest BCUT2D eigenvalue weighted by molar-refractivity contribution is 4.83. The van der Waals surface area contributed by atoms with Crippen molar-refractivity contribution in [3.8, 4) is 0 Å². The molecule has 0 aromatic heterocycles. The van der Waals surface area contributed by atoms with Gasteiger partial charge in [-0.05, 0) is 59.2 Å². The van der Waals surface area contributed by atoms with Gasteiger partial charge in [-0.3, -0.25) is 0 Å². The van der Waals surface area contributed by atoms with Crippen molar-refractivity contribution in [2.75, 3.05) is 26.7 Å². The van der Waals surface area contributed by atoms with Crippen molar-refractivity contribution in [2.45, 2.75) is 65.5 Å². The van der Waals surface area contributed by atoms with E-state index in [0.717, 1.165) is 31.8 Å². The molecule has 2 N–H and O–H groups in total. The average Bonchev–Trinajstić information content (AvgIpc) is 2.32. The van der Waals surface area contributed by atoms with Gasteiger partial charge in [0.05, 0.1) is 6.61 Å². The Morgan fingerprint density at radius 1 is 1.28 bits per heavy atom. The molecule has 2 atom stereocenters. The lowest BCUT2D eigenvalue weighted by Crippen LogP contribution is -2.48. The number of hydrogen-bond acceptors (Lipinski definition) is 3. The first-order chi connectivity index (χ1) is 8.34. The molecule has 110 valence electrons. The second-order valence-corrected chi connectivity index (χ2v) is 6.35. The fourth-order valence-corrected chi connectivity index (χ4v) is 2.16. The molecule has 0 amide bonds. The standard InChI is InChI=1S/C15H34N2O/c1-7-9-16-15(5,12-18)8-10-17(6)14(4)11-13(2)3/h13-14,16,18H,7-12H2,1-6H3. The molecule has 3 heteroatoms. The van der Waals surface area contributed by atoms with Crippen molar-refractivity contribution in [1.29, 1.82) is 0 Å². The lowest BCUT2D eigenvalue weighted by atomic mass is 9.97. The first kappa shape index (κ1) is 17.9. The Morgan fingerprint density at radius 3 is 2.33 bits per heavy atom.